The highest BCUT2D eigenvalue weighted by Crippen LogP contribution is 2.28. The zero-order chi connectivity index (χ0) is 17.3. The molecule has 0 bridgehead atoms. The number of furan rings is 1. The van der Waals surface area contributed by atoms with Crippen LogP contribution >= 0.6 is 11.6 Å². The number of methoxy groups -OCH3 is 1. The SMILES string of the molecule is COc1ccc(Cl)cc1C(=O)N1CC(S(=O)(=O)Cc2ccco2)C1. The fourth-order valence-corrected chi connectivity index (χ4v) is 4.34. The summed E-state index contributed by atoms with van der Waals surface area (Å²) in [7, 11) is -1.90. The lowest BCUT2D eigenvalue weighted by atomic mass is 10.1. The van der Waals surface area contributed by atoms with Gasteiger partial charge >= 0.3 is 0 Å². The number of likely N-dealkylation sites (tertiary alicyclic amines) is 1. The van der Waals surface area contributed by atoms with E-state index in [4.69, 9.17) is 20.8 Å². The molecule has 1 amide bonds. The topological polar surface area (TPSA) is 76.8 Å². The molecule has 0 saturated carbocycles. The number of halogens is 1. The fourth-order valence-electron chi connectivity index (χ4n) is 2.56. The number of carbonyl (C=O) groups is 1. The van der Waals surface area contributed by atoms with Crippen LogP contribution in [-0.4, -0.2) is 44.7 Å². The third-order valence-electron chi connectivity index (χ3n) is 3.96. The van der Waals surface area contributed by atoms with E-state index in [-0.39, 0.29) is 24.7 Å². The summed E-state index contributed by atoms with van der Waals surface area (Å²) in [5, 5.41) is -0.168. The summed E-state index contributed by atoms with van der Waals surface area (Å²) in [5.74, 6) is 0.356. The molecule has 0 aliphatic carbocycles. The van der Waals surface area contributed by atoms with Gasteiger partial charge in [0.05, 0.1) is 24.2 Å². The van der Waals surface area contributed by atoms with Crippen molar-refractivity contribution < 1.29 is 22.4 Å². The van der Waals surface area contributed by atoms with E-state index in [1.807, 2.05) is 0 Å². The molecule has 2 aromatic rings. The molecule has 1 aromatic carbocycles. The van der Waals surface area contributed by atoms with Crippen molar-refractivity contribution in [1.29, 1.82) is 0 Å². The first-order chi connectivity index (χ1) is 11.4. The maximum absolute atomic E-state index is 12.5. The van der Waals surface area contributed by atoms with Crippen LogP contribution in [0.15, 0.2) is 41.0 Å². The number of carbonyl (C=O) groups excluding carboxylic acids is 1. The van der Waals surface area contributed by atoms with Gasteiger partial charge in [-0.2, -0.15) is 0 Å². The lowest BCUT2D eigenvalue weighted by Crippen LogP contribution is -2.57. The molecule has 128 valence electrons. The second kappa shape index (κ2) is 6.49. The molecule has 8 heteroatoms. The van der Waals surface area contributed by atoms with Gasteiger partial charge in [0.2, 0.25) is 0 Å². The molecule has 0 N–H and O–H groups in total. The molecule has 0 unspecified atom stereocenters. The molecule has 1 fully saturated rings. The third-order valence-corrected chi connectivity index (χ3v) is 6.19. The minimum atomic E-state index is -3.36. The summed E-state index contributed by atoms with van der Waals surface area (Å²) in [6.07, 6.45) is 1.44. The van der Waals surface area contributed by atoms with Crippen LogP contribution in [0.5, 0.6) is 5.75 Å². The van der Waals surface area contributed by atoms with Gasteiger partial charge in [-0.3, -0.25) is 4.79 Å². The van der Waals surface area contributed by atoms with Gasteiger partial charge in [0.1, 0.15) is 17.3 Å². The van der Waals surface area contributed by atoms with E-state index in [9.17, 15) is 13.2 Å². The smallest absolute Gasteiger partial charge is 0.257 e. The second-order valence-corrected chi connectivity index (χ2v) is 8.28. The summed E-state index contributed by atoms with van der Waals surface area (Å²) in [6.45, 7) is 0.301. The highest BCUT2D eigenvalue weighted by atomic mass is 35.5. The van der Waals surface area contributed by atoms with Crippen LogP contribution in [0, 0.1) is 0 Å². The van der Waals surface area contributed by atoms with Crippen LogP contribution in [0.25, 0.3) is 0 Å². The van der Waals surface area contributed by atoms with Crippen molar-refractivity contribution in [3.63, 3.8) is 0 Å². The predicted octanol–water partition coefficient (Wildman–Crippen LogP) is 2.38. The highest BCUT2D eigenvalue weighted by Gasteiger charge is 2.40. The van der Waals surface area contributed by atoms with Gasteiger partial charge in [-0.1, -0.05) is 11.6 Å². The Bertz CT molecular complexity index is 841. The van der Waals surface area contributed by atoms with E-state index in [1.165, 1.54) is 24.3 Å². The maximum Gasteiger partial charge on any atom is 0.257 e. The van der Waals surface area contributed by atoms with Gasteiger partial charge in [-0.15, -0.1) is 0 Å². The molecule has 1 aromatic heterocycles. The molecule has 1 aliphatic heterocycles. The first-order valence-electron chi connectivity index (χ1n) is 7.27. The predicted molar refractivity (Wildman–Crippen MR) is 89.0 cm³/mol. The standard InChI is InChI=1S/C16H16ClNO5S/c1-22-15-5-4-11(17)7-14(15)16(19)18-8-13(9-18)24(20,21)10-12-3-2-6-23-12/h2-7,13H,8-10H2,1H3. The van der Waals surface area contributed by atoms with Crippen LogP contribution in [0.2, 0.25) is 5.02 Å². The Morgan fingerprint density at radius 1 is 1.38 bits per heavy atom. The number of nitrogens with zero attached hydrogens (tertiary/aromatic N) is 1. The van der Waals surface area contributed by atoms with Crippen molar-refractivity contribution in [1.82, 2.24) is 4.90 Å². The number of rotatable bonds is 5. The largest absolute Gasteiger partial charge is 0.496 e. The zero-order valence-corrected chi connectivity index (χ0v) is 14.5. The van der Waals surface area contributed by atoms with Crippen molar-refractivity contribution >= 4 is 27.3 Å². The first kappa shape index (κ1) is 16.9. The van der Waals surface area contributed by atoms with E-state index in [1.54, 1.807) is 24.3 Å². The number of benzene rings is 1. The van der Waals surface area contributed by atoms with Crippen molar-refractivity contribution in [2.24, 2.45) is 0 Å². The van der Waals surface area contributed by atoms with Crippen LogP contribution in [0.4, 0.5) is 0 Å². The van der Waals surface area contributed by atoms with E-state index < -0.39 is 15.1 Å². The number of amides is 1. The summed E-state index contributed by atoms with van der Waals surface area (Å²) < 4.78 is 34.9. The number of ether oxygens (including phenoxy) is 1. The van der Waals surface area contributed by atoms with Crippen molar-refractivity contribution in [3.05, 3.63) is 52.9 Å². The van der Waals surface area contributed by atoms with Gasteiger partial charge in [-0.25, -0.2) is 8.42 Å². The van der Waals surface area contributed by atoms with Gasteiger partial charge in [0.25, 0.3) is 5.91 Å². The van der Waals surface area contributed by atoms with E-state index in [0.717, 1.165) is 0 Å². The summed E-state index contributed by atoms with van der Waals surface area (Å²) in [5.41, 5.74) is 0.326. The second-order valence-electron chi connectivity index (χ2n) is 5.56. The molecule has 0 spiro atoms. The summed E-state index contributed by atoms with van der Waals surface area (Å²) in [6, 6.07) is 8.03. The van der Waals surface area contributed by atoms with Crippen LogP contribution < -0.4 is 4.74 Å². The number of hydrogen-bond donors (Lipinski definition) is 0. The van der Waals surface area contributed by atoms with Gasteiger partial charge < -0.3 is 14.1 Å². The maximum atomic E-state index is 12.5. The lowest BCUT2D eigenvalue weighted by molar-refractivity contribution is 0.0655. The van der Waals surface area contributed by atoms with Gasteiger partial charge in [0.15, 0.2) is 9.84 Å². The van der Waals surface area contributed by atoms with Gasteiger partial charge in [-0.05, 0) is 30.3 Å². The number of hydrogen-bond acceptors (Lipinski definition) is 5. The molecule has 24 heavy (non-hydrogen) atoms. The number of sulfone groups is 1. The summed E-state index contributed by atoms with van der Waals surface area (Å²) >= 11 is 5.93. The molecule has 3 rings (SSSR count). The van der Waals surface area contributed by atoms with Crippen LogP contribution in [-0.2, 0) is 15.6 Å². The average molecular weight is 370 g/mol. The molecule has 0 radical (unpaired) electrons. The monoisotopic (exact) mass is 369 g/mol. The van der Waals surface area contributed by atoms with Crippen molar-refractivity contribution in [3.8, 4) is 5.75 Å². The van der Waals surface area contributed by atoms with E-state index >= 15 is 0 Å². The van der Waals surface area contributed by atoms with Crippen molar-refractivity contribution in [2.45, 2.75) is 11.0 Å². The van der Waals surface area contributed by atoms with Gasteiger partial charge in [0, 0.05) is 18.1 Å². The normalized spacial score (nSPS) is 15.2. The Labute approximate surface area is 144 Å². The average Bonchev–Trinajstić information content (AvgIpc) is 2.97. The minimum absolute atomic E-state index is 0.150. The molecule has 0 atom stereocenters. The molecule has 6 nitrogen and oxygen atoms in total. The van der Waals surface area contributed by atoms with Crippen molar-refractivity contribution in [2.75, 3.05) is 20.2 Å². The lowest BCUT2D eigenvalue weighted by Gasteiger charge is -2.38. The Morgan fingerprint density at radius 2 is 2.12 bits per heavy atom. The van der Waals surface area contributed by atoms with Crippen LogP contribution in [0.3, 0.4) is 0 Å². The minimum Gasteiger partial charge on any atom is -0.496 e. The third kappa shape index (κ3) is 3.27. The highest BCUT2D eigenvalue weighted by molar-refractivity contribution is 7.91. The first-order valence-corrected chi connectivity index (χ1v) is 9.37. The fraction of sp³-hybridized carbons (Fsp3) is 0.312. The Morgan fingerprint density at radius 3 is 2.75 bits per heavy atom. The van der Waals surface area contributed by atoms with Crippen LogP contribution in [0.1, 0.15) is 16.1 Å². The summed E-state index contributed by atoms with van der Waals surface area (Å²) in [4.78, 5) is 14.0. The zero-order valence-electron chi connectivity index (χ0n) is 12.9. The molecular weight excluding hydrogens is 354 g/mol. The Kier molecular flexibility index (Phi) is 4.56. The Balaban J connectivity index is 1.68. The molecule has 1 saturated heterocycles. The Hall–Kier alpha value is -1.99. The van der Waals surface area contributed by atoms with E-state index in [2.05, 4.69) is 0 Å². The molecule has 1 aliphatic rings. The molecule has 2 heterocycles. The quantitative estimate of drug-likeness (QED) is 0.808. The molecular formula is C16H16ClNO5S. The van der Waals surface area contributed by atoms with E-state index in [0.29, 0.717) is 22.1 Å².